The first-order valence-electron chi connectivity index (χ1n) is 10.0. The molecule has 0 atom stereocenters. The maximum Gasteiger partial charge on any atom is 0.274 e. The van der Waals surface area contributed by atoms with Crippen molar-refractivity contribution in [3.63, 3.8) is 0 Å². The molecule has 0 spiro atoms. The predicted octanol–water partition coefficient (Wildman–Crippen LogP) is 4.72. The lowest BCUT2D eigenvalue weighted by molar-refractivity contribution is 0.0706. The summed E-state index contributed by atoms with van der Waals surface area (Å²) < 4.78 is 2.29. The molecular formula is C25H25N3O2. The molecule has 5 nitrogen and oxygen atoms in total. The Balaban J connectivity index is 1.73. The van der Waals surface area contributed by atoms with Crippen LogP contribution in [0, 0.1) is 20.8 Å². The standard InChI is InChI=1S/C25H25N3O2/c1-16-12-17(2)21(18(3)13-16)15-28-23-7-5-4-6-22(23)26-24(28)14-19-8-10-20(11-9-19)25(29)27-30/h4-13,30H,14-15H2,1-3H3,(H,27,29). The van der Waals surface area contributed by atoms with Gasteiger partial charge in [0.2, 0.25) is 0 Å². The normalized spacial score (nSPS) is 11.1. The summed E-state index contributed by atoms with van der Waals surface area (Å²) >= 11 is 0. The first-order valence-corrected chi connectivity index (χ1v) is 10.0. The van der Waals surface area contributed by atoms with Gasteiger partial charge in [-0.15, -0.1) is 0 Å². The van der Waals surface area contributed by atoms with Crippen molar-refractivity contribution in [3.8, 4) is 0 Å². The summed E-state index contributed by atoms with van der Waals surface area (Å²) in [5, 5.41) is 8.80. The van der Waals surface area contributed by atoms with Crippen molar-refractivity contribution in [2.75, 3.05) is 0 Å². The van der Waals surface area contributed by atoms with Crippen molar-refractivity contribution in [3.05, 3.63) is 99.9 Å². The Morgan fingerprint density at radius 1 is 1.00 bits per heavy atom. The van der Waals surface area contributed by atoms with Crippen molar-refractivity contribution in [2.24, 2.45) is 0 Å². The van der Waals surface area contributed by atoms with Gasteiger partial charge in [-0.25, -0.2) is 10.5 Å². The molecule has 0 aliphatic heterocycles. The lowest BCUT2D eigenvalue weighted by atomic mass is 9.99. The minimum Gasteiger partial charge on any atom is -0.323 e. The fourth-order valence-electron chi connectivity index (χ4n) is 4.08. The van der Waals surface area contributed by atoms with E-state index in [1.165, 1.54) is 22.3 Å². The molecular weight excluding hydrogens is 374 g/mol. The van der Waals surface area contributed by atoms with E-state index in [1.807, 2.05) is 30.3 Å². The highest BCUT2D eigenvalue weighted by molar-refractivity contribution is 5.93. The quantitative estimate of drug-likeness (QED) is 0.377. The summed E-state index contributed by atoms with van der Waals surface area (Å²) in [5.74, 6) is 0.467. The number of hydroxylamine groups is 1. The number of aromatic nitrogens is 2. The minimum atomic E-state index is -0.515. The lowest BCUT2D eigenvalue weighted by Gasteiger charge is -2.15. The third-order valence-corrected chi connectivity index (χ3v) is 5.57. The summed E-state index contributed by atoms with van der Waals surface area (Å²) in [6.45, 7) is 7.22. The number of hydrogen-bond donors (Lipinski definition) is 2. The van der Waals surface area contributed by atoms with Crippen LogP contribution in [0.1, 0.15) is 44.0 Å². The van der Waals surface area contributed by atoms with Crippen LogP contribution in [0.15, 0.2) is 60.7 Å². The third-order valence-electron chi connectivity index (χ3n) is 5.57. The molecule has 1 amide bonds. The third kappa shape index (κ3) is 3.84. The second-order valence-corrected chi connectivity index (χ2v) is 7.79. The highest BCUT2D eigenvalue weighted by Gasteiger charge is 2.14. The largest absolute Gasteiger partial charge is 0.323 e. The number of amides is 1. The number of imidazole rings is 1. The van der Waals surface area contributed by atoms with Gasteiger partial charge in [0.25, 0.3) is 5.91 Å². The first-order chi connectivity index (χ1) is 14.5. The van der Waals surface area contributed by atoms with Crippen molar-refractivity contribution in [1.29, 1.82) is 0 Å². The fraction of sp³-hybridized carbons (Fsp3) is 0.200. The van der Waals surface area contributed by atoms with Crippen LogP contribution in [-0.4, -0.2) is 20.7 Å². The summed E-state index contributed by atoms with van der Waals surface area (Å²) in [6.07, 6.45) is 0.652. The van der Waals surface area contributed by atoms with Crippen LogP contribution in [0.2, 0.25) is 0 Å². The molecule has 0 saturated carbocycles. The Labute approximate surface area is 176 Å². The van der Waals surface area contributed by atoms with E-state index in [2.05, 4.69) is 43.5 Å². The highest BCUT2D eigenvalue weighted by atomic mass is 16.5. The van der Waals surface area contributed by atoms with Crippen LogP contribution in [0.5, 0.6) is 0 Å². The maximum atomic E-state index is 11.6. The second-order valence-electron chi connectivity index (χ2n) is 7.79. The molecule has 3 aromatic carbocycles. The molecule has 30 heavy (non-hydrogen) atoms. The van der Waals surface area contributed by atoms with Crippen molar-refractivity contribution in [1.82, 2.24) is 15.0 Å². The van der Waals surface area contributed by atoms with E-state index in [0.29, 0.717) is 12.0 Å². The number of rotatable bonds is 5. The Kier molecular flexibility index (Phi) is 5.38. The van der Waals surface area contributed by atoms with E-state index in [-0.39, 0.29) is 0 Å². The zero-order valence-corrected chi connectivity index (χ0v) is 17.4. The lowest BCUT2D eigenvalue weighted by Crippen LogP contribution is -2.18. The van der Waals surface area contributed by atoms with E-state index >= 15 is 0 Å². The second kappa shape index (κ2) is 8.13. The monoisotopic (exact) mass is 399 g/mol. The van der Waals surface area contributed by atoms with E-state index in [1.54, 1.807) is 17.6 Å². The van der Waals surface area contributed by atoms with Gasteiger partial charge in [0.15, 0.2) is 0 Å². The molecule has 0 aliphatic rings. The highest BCUT2D eigenvalue weighted by Crippen LogP contribution is 2.24. The molecule has 0 radical (unpaired) electrons. The first kappa shape index (κ1) is 19.9. The van der Waals surface area contributed by atoms with E-state index in [0.717, 1.165) is 29.0 Å². The molecule has 1 heterocycles. The van der Waals surface area contributed by atoms with Gasteiger partial charge < -0.3 is 4.57 Å². The molecule has 2 N–H and O–H groups in total. The van der Waals surface area contributed by atoms with Crippen LogP contribution >= 0.6 is 0 Å². The summed E-state index contributed by atoms with van der Waals surface area (Å²) in [7, 11) is 0. The van der Waals surface area contributed by atoms with Crippen LogP contribution < -0.4 is 5.48 Å². The number of para-hydroxylation sites is 2. The van der Waals surface area contributed by atoms with Gasteiger partial charge in [0.05, 0.1) is 11.0 Å². The molecule has 1 aromatic heterocycles. The zero-order valence-electron chi connectivity index (χ0n) is 17.4. The number of carbonyl (C=O) groups is 1. The molecule has 0 aliphatic carbocycles. The van der Waals surface area contributed by atoms with Crippen LogP contribution in [0.4, 0.5) is 0 Å². The van der Waals surface area contributed by atoms with Gasteiger partial charge in [-0.2, -0.15) is 0 Å². The number of hydrogen-bond acceptors (Lipinski definition) is 3. The van der Waals surface area contributed by atoms with Crippen LogP contribution in [-0.2, 0) is 13.0 Å². The Hall–Kier alpha value is -3.44. The average Bonchev–Trinajstić information content (AvgIpc) is 3.07. The maximum absolute atomic E-state index is 11.6. The van der Waals surface area contributed by atoms with Gasteiger partial charge in [0.1, 0.15) is 5.82 Å². The van der Waals surface area contributed by atoms with Crippen LogP contribution in [0.3, 0.4) is 0 Å². The molecule has 152 valence electrons. The number of nitrogens with one attached hydrogen (secondary N) is 1. The molecule has 4 rings (SSSR count). The van der Waals surface area contributed by atoms with Crippen molar-refractivity contribution >= 4 is 16.9 Å². The topological polar surface area (TPSA) is 67.2 Å². The smallest absolute Gasteiger partial charge is 0.274 e. The number of aryl methyl sites for hydroxylation is 3. The van der Waals surface area contributed by atoms with E-state index in [9.17, 15) is 4.79 Å². The average molecular weight is 399 g/mol. The summed E-state index contributed by atoms with van der Waals surface area (Å²) in [6, 6.07) is 19.9. The Bertz CT molecular complexity index is 1200. The number of carbonyl (C=O) groups excluding carboxylic acids is 1. The summed E-state index contributed by atoms with van der Waals surface area (Å²) in [4.78, 5) is 16.5. The predicted molar refractivity (Wildman–Crippen MR) is 118 cm³/mol. The molecule has 0 fully saturated rings. The molecule has 0 unspecified atom stereocenters. The molecule has 5 heteroatoms. The molecule has 0 saturated heterocycles. The van der Waals surface area contributed by atoms with E-state index < -0.39 is 5.91 Å². The van der Waals surface area contributed by atoms with Gasteiger partial charge in [-0.1, -0.05) is 42.0 Å². The van der Waals surface area contributed by atoms with Gasteiger partial charge in [-0.3, -0.25) is 10.0 Å². The van der Waals surface area contributed by atoms with Gasteiger partial charge >= 0.3 is 0 Å². The fourth-order valence-corrected chi connectivity index (χ4v) is 4.08. The van der Waals surface area contributed by atoms with Crippen molar-refractivity contribution in [2.45, 2.75) is 33.7 Å². The molecule has 4 aromatic rings. The number of benzene rings is 3. The number of fused-ring (bicyclic) bond motifs is 1. The molecule has 0 bridgehead atoms. The van der Waals surface area contributed by atoms with Gasteiger partial charge in [0, 0.05) is 18.5 Å². The van der Waals surface area contributed by atoms with E-state index in [4.69, 9.17) is 10.2 Å². The zero-order chi connectivity index (χ0) is 21.3. The summed E-state index contributed by atoms with van der Waals surface area (Å²) in [5.41, 5.74) is 10.4. The SMILES string of the molecule is Cc1cc(C)c(Cn2c(Cc3ccc(C(=O)NO)cc3)nc3ccccc32)c(C)c1. The van der Waals surface area contributed by atoms with Crippen molar-refractivity contribution < 1.29 is 10.0 Å². The minimum absolute atomic E-state index is 0.417. The Morgan fingerprint density at radius 3 is 2.33 bits per heavy atom. The number of nitrogens with zero attached hydrogens (tertiary/aromatic N) is 2. The van der Waals surface area contributed by atoms with Crippen LogP contribution in [0.25, 0.3) is 11.0 Å². The Morgan fingerprint density at radius 2 is 1.67 bits per heavy atom. The van der Waals surface area contributed by atoms with Gasteiger partial charge in [-0.05, 0) is 67.3 Å².